The molecule has 1 aliphatic heterocycles. The van der Waals surface area contributed by atoms with Gasteiger partial charge in [-0.2, -0.15) is 4.98 Å². The quantitative estimate of drug-likeness (QED) is 0.518. The van der Waals surface area contributed by atoms with Gasteiger partial charge in [0.05, 0.1) is 10.5 Å². The number of nitrogens with zero attached hydrogens (tertiary/aromatic N) is 3. The predicted octanol–water partition coefficient (Wildman–Crippen LogP) is 1.81. The van der Waals surface area contributed by atoms with Crippen molar-refractivity contribution >= 4 is 11.4 Å². The fraction of sp³-hybridized carbons (Fsp3) is 0.385. The van der Waals surface area contributed by atoms with Crippen LogP contribution in [0.1, 0.15) is 12.2 Å². The zero-order chi connectivity index (χ0) is 14.8. The summed E-state index contributed by atoms with van der Waals surface area (Å²) in [6.45, 7) is 1.45. The van der Waals surface area contributed by atoms with Gasteiger partial charge in [-0.15, -0.1) is 0 Å². The summed E-state index contributed by atoms with van der Waals surface area (Å²) in [7, 11) is 0. The Labute approximate surface area is 120 Å². The number of ether oxygens (including phenoxy) is 1. The summed E-state index contributed by atoms with van der Waals surface area (Å²) >= 11 is 0. The molecule has 8 heteroatoms. The predicted molar refractivity (Wildman–Crippen MR) is 73.4 cm³/mol. The van der Waals surface area contributed by atoms with Gasteiger partial charge in [0.25, 0.3) is 11.6 Å². The monoisotopic (exact) mass is 290 g/mol. The highest BCUT2D eigenvalue weighted by atomic mass is 16.6. The van der Waals surface area contributed by atoms with Crippen LogP contribution in [0, 0.1) is 16.0 Å². The molecule has 0 saturated carbocycles. The van der Waals surface area contributed by atoms with Crippen LogP contribution in [0.25, 0.3) is 11.5 Å². The highest BCUT2D eigenvalue weighted by Gasteiger charge is 2.21. The maximum absolute atomic E-state index is 10.8. The van der Waals surface area contributed by atoms with E-state index < -0.39 is 4.92 Å². The van der Waals surface area contributed by atoms with Gasteiger partial charge < -0.3 is 15.0 Å². The van der Waals surface area contributed by atoms with Gasteiger partial charge in [0.2, 0.25) is 0 Å². The topological polar surface area (TPSA) is 117 Å². The number of aromatic nitrogens is 2. The Morgan fingerprint density at radius 2 is 2.33 bits per heavy atom. The van der Waals surface area contributed by atoms with Gasteiger partial charge in [-0.05, 0) is 18.4 Å². The molecule has 2 aromatic rings. The molecule has 0 aliphatic carbocycles. The number of nitrogen functional groups attached to an aromatic ring is 1. The molecular formula is C13H14N4O4. The van der Waals surface area contributed by atoms with E-state index in [1.165, 1.54) is 18.2 Å². The maximum Gasteiger partial charge on any atom is 0.270 e. The van der Waals surface area contributed by atoms with Gasteiger partial charge in [0, 0.05) is 37.5 Å². The van der Waals surface area contributed by atoms with E-state index in [2.05, 4.69) is 10.1 Å². The number of rotatable bonds is 4. The van der Waals surface area contributed by atoms with Crippen molar-refractivity contribution in [2.45, 2.75) is 12.8 Å². The van der Waals surface area contributed by atoms with Gasteiger partial charge in [-0.1, -0.05) is 5.16 Å². The lowest BCUT2D eigenvalue weighted by Gasteiger charge is -2.01. The Bertz CT molecular complexity index is 664. The van der Waals surface area contributed by atoms with E-state index in [0.717, 1.165) is 13.0 Å². The first-order chi connectivity index (χ1) is 10.1. The van der Waals surface area contributed by atoms with Crippen LogP contribution in [0.15, 0.2) is 22.7 Å². The molecule has 3 rings (SSSR count). The second kappa shape index (κ2) is 5.49. The van der Waals surface area contributed by atoms with Crippen molar-refractivity contribution in [1.29, 1.82) is 0 Å². The van der Waals surface area contributed by atoms with Crippen LogP contribution < -0.4 is 5.73 Å². The van der Waals surface area contributed by atoms with Gasteiger partial charge in [0.15, 0.2) is 5.82 Å². The second-order valence-corrected chi connectivity index (χ2v) is 4.98. The Morgan fingerprint density at radius 3 is 3.05 bits per heavy atom. The van der Waals surface area contributed by atoms with Gasteiger partial charge in [-0.3, -0.25) is 10.1 Å². The van der Waals surface area contributed by atoms with Crippen molar-refractivity contribution in [2.75, 3.05) is 18.9 Å². The van der Waals surface area contributed by atoms with E-state index in [9.17, 15) is 10.1 Å². The Hall–Kier alpha value is -2.48. The van der Waals surface area contributed by atoms with Crippen LogP contribution in [-0.2, 0) is 11.2 Å². The molecule has 2 N–H and O–H groups in total. The number of nitro groups is 1. The summed E-state index contributed by atoms with van der Waals surface area (Å²) in [5, 5.41) is 14.7. The minimum atomic E-state index is -0.490. The molecule has 1 aliphatic rings. The van der Waals surface area contributed by atoms with E-state index in [-0.39, 0.29) is 11.6 Å². The largest absolute Gasteiger partial charge is 0.398 e. The second-order valence-electron chi connectivity index (χ2n) is 4.98. The van der Waals surface area contributed by atoms with Crippen LogP contribution in [0.2, 0.25) is 0 Å². The average molecular weight is 290 g/mol. The van der Waals surface area contributed by atoms with Crippen molar-refractivity contribution in [3.05, 3.63) is 34.1 Å². The Kier molecular flexibility index (Phi) is 3.53. The summed E-state index contributed by atoms with van der Waals surface area (Å²) in [6.07, 6.45) is 1.64. The third kappa shape index (κ3) is 2.84. The summed E-state index contributed by atoms with van der Waals surface area (Å²) < 4.78 is 10.5. The van der Waals surface area contributed by atoms with E-state index in [4.69, 9.17) is 15.0 Å². The number of benzene rings is 1. The molecule has 110 valence electrons. The highest BCUT2D eigenvalue weighted by molar-refractivity contribution is 5.73. The molecular weight excluding hydrogens is 276 g/mol. The third-order valence-corrected chi connectivity index (χ3v) is 3.44. The molecule has 1 unspecified atom stereocenters. The molecule has 0 bridgehead atoms. The van der Waals surface area contributed by atoms with E-state index in [1.54, 1.807) is 0 Å². The van der Waals surface area contributed by atoms with Crippen LogP contribution in [0.3, 0.4) is 0 Å². The first kappa shape index (κ1) is 13.5. The zero-order valence-corrected chi connectivity index (χ0v) is 11.2. The molecule has 0 radical (unpaired) electrons. The number of hydrogen-bond donors (Lipinski definition) is 1. The number of nitro benzene ring substituents is 1. The number of non-ortho nitro benzene ring substituents is 1. The first-order valence-corrected chi connectivity index (χ1v) is 6.58. The minimum absolute atomic E-state index is 0.0665. The summed E-state index contributed by atoms with van der Waals surface area (Å²) in [6, 6.07) is 4.14. The van der Waals surface area contributed by atoms with Crippen molar-refractivity contribution in [1.82, 2.24) is 10.1 Å². The van der Waals surface area contributed by atoms with Crippen LogP contribution in [-0.4, -0.2) is 28.3 Å². The first-order valence-electron chi connectivity index (χ1n) is 6.58. The summed E-state index contributed by atoms with van der Waals surface area (Å²) in [4.78, 5) is 14.6. The maximum atomic E-state index is 10.8. The van der Waals surface area contributed by atoms with E-state index in [1.807, 2.05) is 0 Å². The van der Waals surface area contributed by atoms with Crippen LogP contribution in [0.5, 0.6) is 0 Å². The van der Waals surface area contributed by atoms with Gasteiger partial charge in [0.1, 0.15) is 0 Å². The van der Waals surface area contributed by atoms with Crippen molar-refractivity contribution < 1.29 is 14.2 Å². The fourth-order valence-corrected chi connectivity index (χ4v) is 2.29. The Morgan fingerprint density at radius 1 is 1.48 bits per heavy atom. The van der Waals surface area contributed by atoms with E-state index >= 15 is 0 Å². The summed E-state index contributed by atoms with van der Waals surface area (Å²) in [5.74, 6) is 1.15. The third-order valence-electron chi connectivity index (χ3n) is 3.44. The molecule has 0 amide bonds. The lowest BCUT2D eigenvalue weighted by molar-refractivity contribution is -0.384. The van der Waals surface area contributed by atoms with Crippen molar-refractivity contribution in [3.63, 3.8) is 0 Å². The SMILES string of the molecule is Nc1ccc([N+](=O)[O-])cc1-c1nc(CC2CCOC2)no1. The average Bonchev–Trinajstić information content (AvgIpc) is 3.11. The van der Waals surface area contributed by atoms with Crippen LogP contribution in [0.4, 0.5) is 11.4 Å². The highest BCUT2D eigenvalue weighted by Crippen LogP contribution is 2.29. The minimum Gasteiger partial charge on any atom is -0.398 e. The molecule has 21 heavy (non-hydrogen) atoms. The zero-order valence-electron chi connectivity index (χ0n) is 11.2. The molecule has 1 atom stereocenters. The molecule has 1 fully saturated rings. The molecule has 1 aromatic carbocycles. The fourth-order valence-electron chi connectivity index (χ4n) is 2.29. The van der Waals surface area contributed by atoms with E-state index in [0.29, 0.717) is 36.0 Å². The molecule has 8 nitrogen and oxygen atoms in total. The standard InChI is InChI=1S/C13H14N4O4/c14-11-2-1-9(17(18)19)6-10(11)13-15-12(16-21-13)5-8-3-4-20-7-8/h1-2,6,8H,3-5,7,14H2. The Balaban J connectivity index is 1.85. The van der Waals surface area contributed by atoms with Gasteiger partial charge >= 0.3 is 0 Å². The van der Waals surface area contributed by atoms with Crippen molar-refractivity contribution in [3.8, 4) is 11.5 Å². The molecule has 0 spiro atoms. The number of hydrogen-bond acceptors (Lipinski definition) is 7. The number of nitrogens with two attached hydrogens (primary N) is 1. The lowest BCUT2D eigenvalue weighted by atomic mass is 10.1. The summed E-state index contributed by atoms with van der Waals surface area (Å²) in [5.41, 5.74) is 6.50. The van der Waals surface area contributed by atoms with Crippen molar-refractivity contribution in [2.24, 2.45) is 5.92 Å². The lowest BCUT2D eigenvalue weighted by Crippen LogP contribution is -2.04. The molecule has 2 heterocycles. The molecule has 1 aromatic heterocycles. The number of anilines is 1. The molecule has 1 saturated heterocycles. The smallest absolute Gasteiger partial charge is 0.270 e. The van der Waals surface area contributed by atoms with Crippen LogP contribution >= 0.6 is 0 Å². The normalized spacial score (nSPS) is 18.0. The van der Waals surface area contributed by atoms with Gasteiger partial charge in [-0.25, -0.2) is 0 Å².